The number of imidazole rings is 1. The van der Waals surface area contributed by atoms with E-state index in [9.17, 15) is 5.11 Å². The van der Waals surface area contributed by atoms with Gasteiger partial charge in [0.1, 0.15) is 5.65 Å². The minimum Gasteiger partial charge on any atom is -0.493 e. The summed E-state index contributed by atoms with van der Waals surface area (Å²) in [5, 5.41) is 9.25. The molecule has 0 radical (unpaired) electrons. The van der Waals surface area contributed by atoms with E-state index < -0.39 is 0 Å². The summed E-state index contributed by atoms with van der Waals surface area (Å²) in [6.07, 6.45) is 1.92. The maximum absolute atomic E-state index is 9.25. The highest BCUT2D eigenvalue weighted by molar-refractivity contribution is 5.69. The van der Waals surface area contributed by atoms with Gasteiger partial charge in [0.05, 0.1) is 26.5 Å². The molecular weight excluding hydrogens is 280 g/mol. The Balaban J connectivity index is 2.15. The second kappa shape index (κ2) is 5.69. The van der Waals surface area contributed by atoms with E-state index in [2.05, 4.69) is 4.98 Å². The van der Waals surface area contributed by atoms with Crippen LogP contribution in [-0.2, 0) is 6.61 Å². The molecule has 0 saturated heterocycles. The summed E-state index contributed by atoms with van der Waals surface area (Å²) in [6.45, 7) is 2.03. The van der Waals surface area contributed by atoms with E-state index in [1.165, 1.54) is 0 Å². The van der Waals surface area contributed by atoms with E-state index in [0.717, 1.165) is 28.2 Å². The molecule has 0 aliphatic carbocycles. The maximum atomic E-state index is 9.25. The fourth-order valence-corrected chi connectivity index (χ4v) is 2.56. The molecule has 0 bridgehead atoms. The molecule has 0 fully saturated rings. The smallest absolute Gasteiger partial charge is 0.161 e. The van der Waals surface area contributed by atoms with Crippen LogP contribution in [0.1, 0.15) is 11.3 Å². The number of pyridine rings is 1. The van der Waals surface area contributed by atoms with Crippen molar-refractivity contribution in [3.8, 4) is 22.8 Å². The van der Waals surface area contributed by atoms with Crippen LogP contribution in [0, 0.1) is 6.92 Å². The Bertz CT molecular complexity index is 824. The minimum atomic E-state index is 0.00804. The van der Waals surface area contributed by atoms with Gasteiger partial charge >= 0.3 is 0 Å². The van der Waals surface area contributed by atoms with Gasteiger partial charge in [-0.15, -0.1) is 0 Å². The van der Waals surface area contributed by atoms with Gasteiger partial charge in [-0.05, 0) is 42.8 Å². The second-order valence-electron chi connectivity index (χ2n) is 5.04. The quantitative estimate of drug-likeness (QED) is 0.804. The summed E-state index contributed by atoms with van der Waals surface area (Å²) in [5.41, 5.74) is 4.54. The second-order valence-corrected chi connectivity index (χ2v) is 5.04. The van der Waals surface area contributed by atoms with E-state index in [0.29, 0.717) is 11.5 Å². The standard InChI is InChI=1S/C17H18N2O3/c1-11-17(13-4-5-14(21-2)15(9-13)22-3)18-16-8-12(10-20)6-7-19(11)16/h4-9,20H,10H2,1-3H3. The number of aryl methyl sites for hydroxylation is 1. The van der Waals surface area contributed by atoms with Crippen LogP contribution < -0.4 is 9.47 Å². The largest absolute Gasteiger partial charge is 0.493 e. The van der Waals surface area contributed by atoms with Gasteiger partial charge in [0.15, 0.2) is 11.5 Å². The lowest BCUT2D eigenvalue weighted by Gasteiger charge is -2.08. The number of fused-ring (bicyclic) bond motifs is 1. The van der Waals surface area contributed by atoms with Crippen molar-refractivity contribution in [2.75, 3.05) is 14.2 Å². The first-order valence-corrected chi connectivity index (χ1v) is 6.98. The highest BCUT2D eigenvalue weighted by atomic mass is 16.5. The summed E-state index contributed by atoms with van der Waals surface area (Å²) < 4.78 is 12.6. The van der Waals surface area contributed by atoms with E-state index >= 15 is 0 Å². The van der Waals surface area contributed by atoms with Gasteiger partial charge in [0.2, 0.25) is 0 Å². The molecule has 22 heavy (non-hydrogen) atoms. The Morgan fingerprint density at radius 1 is 1.09 bits per heavy atom. The van der Waals surface area contributed by atoms with Crippen molar-refractivity contribution in [3.63, 3.8) is 0 Å². The third kappa shape index (κ3) is 2.29. The zero-order valence-corrected chi connectivity index (χ0v) is 12.8. The Kier molecular flexibility index (Phi) is 3.73. The normalized spacial score (nSPS) is 10.9. The van der Waals surface area contributed by atoms with E-state index in [-0.39, 0.29) is 6.61 Å². The summed E-state index contributed by atoms with van der Waals surface area (Å²) in [6, 6.07) is 9.53. The predicted molar refractivity (Wildman–Crippen MR) is 84.4 cm³/mol. The van der Waals surface area contributed by atoms with Crippen molar-refractivity contribution in [3.05, 3.63) is 47.8 Å². The van der Waals surface area contributed by atoms with Crippen molar-refractivity contribution in [2.24, 2.45) is 0 Å². The molecule has 1 aromatic carbocycles. The lowest BCUT2D eigenvalue weighted by Crippen LogP contribution is -1.92. The molecule has 5 heteroatoms. The maximum Gasteiger partial charge on any atom is 0.161 e. The molecule has 1 N–H and O–H groups in total. The molecule has 0 spiro atoms. The Labute approximate surface area is 128 Å². The van der Waals surface area contributed by atoms with Crippen molar-refractivity contribution >= 4 is 5.65 Å². The number of rotatable bonds is 4. The number of aliphatic hydroxyl groups is 1. The summed E-state index contributed by atoms with van der Waals surface area (Å²) >= 11 is 0. The number of methoxy groups -OCH3 is 2. The molecule has 3 rings (SSSR count). The van der Waals surface area contributed by atoms with Crippen LogP contribution >= 0.6 is 0 Å². The van der Waals surface area contributed by atoms with Gasteiger partial charge in [0.25, 0.3) is 0 Å². The van der Waals surface area contributed by atoms with Crippen molar-refractivity contribution in [2.45, 2.75) is 13.5 Å². The van der Waals surface area contributed by atoms with E-state index in [1.54, 1.807) is 14.2 Å². The first-order chi connectivity index (χ1) is 10.7. The van der Waals surface area contributed by atoms with Gasteiger partial charge in [-0.2, -0.15) is 0 Å². The van der Waals surface area contributed by atoms with Crippen LogP contribution in [0.3, 0.4) is 0 Å². The minimum absolute atomic E-state index is 0.00804. The third-order valence-electron chi connectivity index (χ3n) is 3.77. The molecule has 0 aliphatic heterocycles. The van der Waals surface area contributed by atoms with Crippen LogP contribution in [0.4, 0.5) is 0 Å². The predicted octanol–water partition coefficient (Wildman–Crippen LogP) is 2.82. The number of aliphatic hydroxyl groups excluding tert-OH is 1. The Morgan fingerprint density at radius 2 is 1.86 bits per heavy atom. The molecule has 5 nitrogen and oxygen atoms in total. The van der Waals surface area contributed by atoms with Gasteiger partial charge < -0.3 is 19.0 Å². The van der Waals surface area contributed by atoms with Crippen LogP contribution in [0.2, 0.25) is 0 Å². The van der Waals surface area contributed by atoms with Crippen molar-refractivity contribution < 1.29 is 14.6 Å². The molecule has 0 saturated carbocycles. The van der Waals surface area contributed by atoms with Crippen LogP contribution in [0.5, 0.6) is 11.5 Å². The lowest BCUT2D eigenvalue weighted by atomic mass is 10.1. The average molecular weight is 298 g/mol. The fourth-order valence-electron chi connectivity index (χ4n) is 2.56. The molecule has 2 heterocycles. The molecular formula is C17H18N2O3. The highest BCUT2D eigenvalue weighted by Gasteiger charge is 2.13. The molecule has 3 aromatic rings. The third-order valence-corrected chi connectivity index (χ3v) is 3.77. The monoisotopic (exact) mass is 298 g/mol. The summed E-state index contributed by atoms with van der Waals surface area (Å²) in [4.78, 5) is 4.68. The lowest BCUT2D eigenvalue weighted by molar-refractivity contribution is 0.282. The van der Waals surface area contributed by atoms with Crippen molar-refractivity contribution in [1.82, 2.24) is 9.38 Å². The summed E-state index contributed by atoms with van der Waals surface area (Å²) in [5.74, 6) is 1.36. The number of hydrogen-bond donors (Lipinski definition) is 1. The van der Waals surface area contributed by atoms with Crippen LogP contribution in [-0.4, -0.2) is 28.7 Å². The fraction of sp³-hybridized carbons (Fsp3) is 0.235. The highest BCUT2D eigenvalue weighted by Crippen LogP contribution is 2.33. The van der Waals surface area contributed by atoms with Crippen LogP contribution in [0.25, 0.3) is 16.9 Å². The summed E-state index contributed by atoms with van der Waals surface area (Å²) in [7, 11) is 3.23. The molecule has 2 aromatic heterocycles. The first-order valence-electron chi connectivity index (χ1n) is 6.98. The van der Waals surface area contributed by atoms with Crippen LogP contribution in [0.15, 0.2) is 36.5 Å². The first kappa shape index (κ1) is 14.4. The molecule has 0 aliphatic rings. The zero-order chi connectivity index (χ0) is 15.7. The van der Waals surface area contributed by atoms with Crippen molar-refractivity contribution in [1.29, 1.82) is 0 Å². The molecule has 0 unspecified atom stereocenters. The van der Waals surface area contributed by atoms with Gasteiger partial charge in [-0.3, -0.25) is 0 Å². The number of benzene rings is 1. The average Bonchev–Trinajstić information content (AvgIpc) is 2.90. The van der Waals surface area contributed by atoms with Gasteiger partial charge in [0, 0.05) is 17.5 Å². The van der Waals surface area contributed by atoms with E-state index in [4.69, 9.17) is 9.47 Å². The SMILES string of the molecule is COc1ccc(-c2nc3cc(CO)ccn3c2C)cc1OC. The molecule has 114 valence electrons. The number of ether oxygens (including phenoxy) is 2. The van der Waals surface area contributed by atoms with Gasteiger partial charge in [-0.25, -0.2) is 4.98 Å². The number of hydrogen-bond acceptors (Lipinski definition) is 4. The molecule has 0 atom stereocenters. The Morgan fingerprint density at radius 3 is 2.55 bits per heavy atom. The van der Waals surface area contributed by atoms with Gasteiger partial charge in [-0.1, -0.05) is 0 Å². The number of aromatic nitrogens is 2. The molecule has 0 amide bonds. The number of nitrogens with zero attached hydrogens (tertiary/aromatic N) is 2. The topological polar surface area (TPSA) is 56.0 Å². The Hall–Kier alpha value is -2.53. The van der Waals surface area contributed by atoms with E-state index in [1.807, 2.05) is 47.9 Å². The zero-order valence-electron chi connectivity index (χ0n) is 12.8.